The largest absolute Gasteiger partial charge is 0.380 e. The number of ether oxygens (including phenoxy) is 1. The van der Waals surface area contributed by atoms with Crippen molar-refractivity contribution in [2.75, 3.05) is 7.11 Å². The molecule has 0 saturated carbocycles. The van der Waals surface area contributed by atoms with Crippen molar-refractivity contribution >= 4 is 0 Å². The summed E-state index contributed by atoms with van der Waals surface area (Å²) in [7, 11) is 1.70. The van der Waals surface area contributed by atoms with Gasteiger partial charge in [-0.25, -0.2) is 4.68 Å². The van der Waals surface area contributed by atoms with E-state index in [-0.39, 0.29) is 0 Å². The van der Waals surface area contributed by atoms with Crippen LogP contribution >= 0.6 is 0 Å². The maximum absolute atomic E-state index is 5.08. The molecule has 0 unspecified atom stereocenters. The summed E-state index contributed by atoms with van der Waals surface area (Å²) in [5.41, 5.74) is 3.15. The first kappa shape index (κ1) is 11.8. The highest BCUT2D eigenvalue weighted by atomic mass is 16.5. The lowest BCUT2D eigenvalue weighted by Gasteiger charge is -2.02. The van der Waals surface area contributed by atoms with Gasteiger partial charge in [-0.05, 0) is 19.4 Å². The highest BCUT2D eigenvalue weighted by Crippen LogP contribution is 2.18. The van der Waals surface area contributed by atoms with Gasteiger partial charge in [0.25, 0.3) is 0 Å². The molecule has 0 aliphatic heterocycles. The molecule has 2 aromatic rings. The van der Waals surface area contributed by atoms with Crippen molar-refractivity contribution in [2.24, 2.45) is 0 Å². The zero-order valence-corrected chi connectivity index (χ0v) is 10.4. The van der Waals surface area contributed by atoms with Crippen LogP contribution in [0.1, 0.15) is 25.5 Å². The molecule has 90 valence electrons. The molecule has 4 nitrogen and oxygen atoms in total. The Morgan fingerprint density at radius 2 is 1.94 bits per heavy atom. The van der Waals surface area contributed by atoms with Gasteiger partial charge in [0.05, 0.1) is 12.8 Å². The quantitative estimate of drug-likeness (QED) is 0.812. The summed E-state index contributed by atoms with van der Waals surface area (Å²) in [5, 5.41) is 8.26. The summed E-state index contributed by atoms with van der Waals surface area (Å²) >= 11 is 0. The Morgan fingerprint density at radius 1 is 1.24 bits per heavy atom. The van der Waals surface area contributed by atoms with E-state index in [4.69, 9.17) is 4.74 Å². The zero-order chi connectivity index (χ0) is 12.3. The number of nitrogens with zero attached hydrogens (tertiary/aromatic N) is 3. The van der Waals surface area contributed by atoms with E-state index in [1.165, 1.54) is 0 Å². The van der Waals surface area contributed by atoms with E-state index < -0.39 is 0 Å². The summed E-state index contributed by atoms with van der Waals surface area (Å²) in [6.45, 7) is 4.80. The van der Waals surface area contributed by atoms with Crippen LogP contribution in [0.25, 0.3) is 11.3 Å². The Bertz CT molecular complexity index is 474. The lowest BCUT2D eigenvalue weighted by Crippen LogP contribution is -2.00. The van der Waals surface area contributed by atoms with Crippen LogP contribution < -0.4 is 0 Å². The molecule has 2 rings (SSSR count). The molecule has 0 aliphatic rings. The van der Waals surface area contributed by atoms with Crippen molar-refractivity contribution < 1.29 is 4.74 Å². The summed E-state index contributed by atoms with van der Waals surface area (Å²) in [4.78, 5) is 0. The Balaban J connectivity index is 2.21. The molecule has 0 amide bonds. The van der Waals surface area contributed by atoms with Crippen molar-refractivity contribution in [3.05, 3.63) is 36.0 Å². The molecule has 0 radical (unpaired) electrons. The van der Waals surface area contributed by atoms with Gasteiger partial charge in [0.15, 0.2) is 0 Å². The van der Waals surface area contributed by atoms with Gasteiger partial charge in [-0.2, -0.15) is 0 Å². The maximum atomic E-state index is 5.08. The number of hydrogen-bond acceptors (Lipinski definition) is 3. The van der Waals surface area contributed by atoms with Gasteiger partial charge in [-0.1, -0.05) is 29.5 Å². The third-order valence-electron chi connectivity index (χ3n) is 2.60. The van der Waals surface area contributed by atoms with Crippen LogP contribution in [0.4, 0.5) is 0 Å². The van der Waals surface area contributed by atoms with E-state index in [2.05, 4.69) is 24.2 Å². The van der Waals surface area contributed by atoms with Crippen molar-refractivity contribution in [3.63, 3.8) is 0 Å². The second kappa shape index (κ2) is 5.10. The number of benzene rings is 1. The summed E-state index contributed by atoms with van der Waals surface area (Å²) in [6, 6.07) is 8.52. The molecule has 1 aromatic carbocycles. The van der Waals surface area contributed by atoms with Gasteiger partial charge >= 0.3 is 0 Å². The molecule has 0 atom stereocenters. The minimum absolute atomic E-state index is 0.337. The standard InChI is InChI=1S/C13H17N3O/c1-10(2)16-8-13(14-15-16)12-6-4-11(5-7-12)9-17-3/h4-8,10H,9H2,1-3H3. The molecule has 0 saturated heterocycles. The number of methoxy groups -OCH3 is 1. The molecule has 4 heteroatoms. The van der Waals surface area contributed by atoms with Crippen LogP contribution in [-0.4, -0.2) is 22.1 Å². The van der Waals surface area contributed by atoms with E-state index >= 15 is 0 Å². The molecule has 0 bridgehead atoms. The molecule has 0 fully saturated rings. The average Bonchev–Trinajstić information content (AvgIpc) is 2.80. The Hall–Kier alpha value is -1.68. The van der Waals surface area contributed by atoms with Crippen LogP contribution in [0, 0.1) is 0 Å². The molecule has 1 heterocycles. The van der Waals surface area contributed by atoms with Gasteiger partial charge < -0.3 is 4.74 Å². The Morgan fingerprint density at radius 3 is 2.47 bits per heavy atom. The summed E-state index contributed by atoms with van der Waals surface area (Å²) in [5.74, 6) is 0. The lowest BCUT2D eigenvalue weighted by molar-refractivity contribution is 0.185. The fourth-order valence-corrected chi connectivity index (χ4v) is 1.60. The maximum Gasteiger partial charge on any atom is 0.113 e. The van der Waals surface area contributed by atoms with E-state index in [9.17, 15) is 0 Å². The second-order valence-corrected chi connectivity index (χ2v) is 4.31. The average molecular weight is 231 g/mol. The van der Waals surface area contributed by atoms with Gasteiger partial charge in [0.1, 0.15) is 5.69 Å². The minimum atomic E-state index is 0.337. The third kappa shape index (κ3) is 2.71. The zero-order valence-electron chi connectivity index (χ0n) is 10.4. The Kier molecular flexibility index (Phi) is 3.54. The first-order valence-corrected chi connectivity index (χ1v) is 5.71. The molecule has 17 heavy (non-hydrogen) atoms. The number of hydrogen-bond donors (Lipinski definition) is 0. The third-order valence-corrected chi connectivity index (χ3v) is 2.60. The SMILES string of the molecule is COCc1ccc(-c2cn(C(C)C)nn2)cc1. The topological polar surface area (TPSA) is 39.9 Å². The molecule has 0 N–H and O–H groups in total. The molecule has 0 aliphatic carbocycles. The monoisotopic (exact) mass is 231 g/mol. The molecular formula is C13H17N3O. The van der Waals surface area contributed by atoms with Crippen LogP contribution in [0.15, 0.2) is 30.5 Å². The lowest BCUT2D eigenvalue weighted by atomic mass is 10.1. The normalized spacial score (nSPS) is 11.1. The van der Waals surface area contributed by atoms with Gasteiger partial charge in [0, 0.05) is 18.7 Å². The van der Waals surface area contributed by atoms with Gasteiger partial charge in [-0.15, -0.1) is 5.10 Å². The van der Waals surface area contributed by atoms with Gasteiger partial charge in [-0.3, -0.25) is 0 Å². The fourth-order valence-electron chi connectivity index (χ4n) is 1.60. The summed E-state index contributed by atoms with van der Waals surface area (Å²) in [6.07, 6.45) is 1.97. The van der Waals surface area contributed by atoms with E-state index in [0.29, 0.717) is 12.6 Å². The van der Waals surface area contributed by atoms with Crippen LogP contribution in [0.3, 0.4) is 0 Å². The van der Waals surface area contributed by atoms with Crippen LogP contribution in [0.2, 0.25) is 0 Å². The Labute approximate surface area is 101 Å². The molecule has 1 aromatic heterocycles. The van der Waals surface area contributed by atoms with E-state index in [0.717, 1.165) is 16.8 Å². The predicted octanol–water partition coefficient (Wildman–Crippen LogP) is 2.67. The fraction of sp³-hybridized carbons (Fsp3) is 0.385. The minimum Gasteiger partial charge on any atom is -0.380 e. The second-order valence-electron chi connectivity index (χ2n) is 4.31. The predicted molar refractivity (Wildman–Crippen MR) is 66.6 cm³/mol. The first-order valence-electron chi connectivity index (χ1n) is 5.71. The molecular weight excluding hydrogens is 214 g/mol. The highest BCUT2D eigenvalue weighted by Gasteiger charge is 2.05. The first-order chi connectivity index (χ1) is 8.20. The van der Waals surface area contributed by atoms with Crippen LogP contribution in [-0.2, 0) is 11.3 Å². The van der Waals surface area contributed by atoms with E-state index in [1.54, 1.807) is 7.11 Å². The number of aromatic nitrogens is 3. The smallest absolute Gasteiger partial charge is 0.113 e. The van der Waals surface area contributed by atoms with Crippen LogP contribution in [0.5, 0.6) is 0 Å². The summed E-state index contributed by atoms with van der Waals surface area (Å²) < 4.78 is 6.94. The van der Waals surface area contributed by atoms with Gasteiger partial charge in [0.2, 0.25) is 0 Å². The number of rotatable bonds is 4. The van der Waals surface area contributed by atoms with E-state index in [1.807, 2.05) is 35.1 Å². The highest BCUT2D eigenvalue weighted by molar-refractivity contribution is 5.57. The van der Waals surface area contributed by atoms with Crippen molar-refractivity contribution in [1.82, 2.24) is 15.0 Å². The van der Waals surface area contributed by atoms with Crippen molar-refractivity contribution in [3.8, 4) is 11.3 Å². The van der Waals surface area contributed by atoms with Crippen molar-refractivity contribution in [2.45, 2.75) is 26.5 Å². The molecule has 0 spiro atoms. The van der Waals surface area contributed by atoms with Crippen molar-refractivity contribution in [1.29, 1.82) is 0 Å².